The fraction of sp³-hybridized carbons (Fsp3) is 0.407. The van der Waals surface area contributed by atoms with Crippen molar-refractivity contribution in [2.75, 3.05) is 26.2 Å². The standard InChI is InChI=1S/C27H29ClN4O2/c1-2-27-17-21-20-16-19(28)10-11-22(20)29-23(21)24(18-8-4-3-5-9-18)32(27)26(34)31(25(27)33)15-14-30-12-6-7-13-30/h3-5,8-11,16,24,29H,2,6-7,12-15,17H2,1H3. The molecule has 4 heterocycles. The van der Waals surface area contributed by atoms with E-state index in [0.29, 0.717) is 24.4 Å². The highest BCUT2D eigenvalue weighted by Gasteiger charge is 2.61. The predicted octanol–water partition coefficient (Wildman–Crippen LogP) is 4.98. The van der Waals surface area contributed by atoms with Crippen LogP contribution in [0.3, 0.4) is 0 Å². The summed E-state index contributed by atoms with van der Waals surface area (Å²) in [5, 5.41) is 1.70. The Morgan fingerprint density at radius 3 is 2.56 bits per heavy atom. The first kappa shape index (κ1) is 21.7. The first-order valence-electron chi connectivity index (χ1n) is 12.3. The Bertz CT molecular complexity index is 1270. The molecule has 0 radical (unpaired) electrons. The van der Waals surface area contributed by atoms with Gasteiger partial charge in [-0.2, -0.15) is 0 Å². The molecule has 1 aromatic heterocycles. The number of amides is 3. The maximum atomic E-state index is 14.0. The summed E-state index contributed by atoms with van der Waals surface area (Å²) < 4.78 is 0. The number of benzene rings is 2. The summed E-state index contributed by atoms with van der Waals surface area (Å²) >= 11 is 6.37. The molecule has 2 aromatic carbocycles. The van der Waals surface area contributed by atoms with Crippen molar-refractivity contribution in [1.29, 1.82) is 0 Å². The number of fused-ring (bicyclic) bond motifs is 4. The lowest BCUT2D eigenvalue weighted by Gasteiger charge is -2.44. The van der Waals surface area contributed by atoms with Crippen LogP contribution in [0.5, 0.6) is 0 Å². The summed E-state index contributed by atoms with van der Waals surface area (Å²) in [5.74, 6) is -0.0674. The second-order valence-electron chi connectivity index (χ2n) is 9.74. The number of likely N-dealkylation sites (tertiary alicyclic amines) is 1. The van der Waals surface area contributed by atoms with Crippen molar-refractivity contribution in [1.82, 2.24) is 19.7 Å². The van der Waals surface area contributed by atoms with Gasteiger partial charge < -0.3 is 9.88 Å². The zero-order chi connectivity index (χ0) is 23.4. The first-order chi connectivity index (χ1) is 16.5. The minimum absolute atomic E-state index is 0.0674. The van der Waals surface area contributed by atoms with Crippen LogP contribution in [0.15, 0.2) is 48.5 Å². The van der Waals surface area contributed by atoms with E-state index in [4.69, 9.17) is 11.6 Å². The van der Waals surface area contributed by atoms with Crippen molar-refractivity contribution in [3.8, 4) is 0 Å². The van der Waals surface area contributed by atoms with Crippen molar-refractivity contribution in [3.05, 3.63) is 70.4 Å². The molecule has 34 heavy (non-hydrogen) atoms. The summed E-state index contributed by atoms with van der Waals surface area (Å²) in [5.41, 5.74) is 3.16. The first-order valence-corrected chi connectivity index (χ1v) is 12.6. The van der Waals surface area contributed by atoms with Crippen molar-refractivity contribution in [3.63, 3.8) is 0 Å². The molecule has 0 bridgehead atoms. The quantitative estimate of drug-likeness (QED) is 0.528. The van der Waals surface area contributed by atoms with Gasteiger partial charge in [-0.1, -0.05) is 48.9 Å². The summed E-state index contributed by atoms with van der Waals surface area (Å²) in [6, 6.07) is 15.3. The average molecular weight is 477 g/mol. The Morgan fingerprint density at radius 2 is 1.82 bits per heavy atom. The Balaban J connectivity index is 1.49. The average Bonchev–Trinajstić information content (AvgIpc) is 3.55. The fourth-order valence-corrected chi connectivity index (χ4v) is 6.37. The number of hydrogen-bond acceptors (Lipinski definition) is 3. The van der Waals surface area contributed by atoms with Crippen LogP contribution in [0.2, 0.25) is 5.02 Å². The number of imide groups is 1. The number of rotatable bonds is 5. The highest BCUT2D eigenvalue weighted by molar-refractivity contribution is 6.31. The number of nitrogens with one attached hydrogen (secondary N) is 1. The number of H-pyrrole nitrogens is 1. The highest BCUT2D eigenvalue weighted by Crippen LogP contribution is 2.50. The highest BCUT2D eigenvalue weighted by atomic mass is 35.5. The molecule has 3 aliphatic rings. The van der Waals surface area contributed by atoms with Gasteiger partial charge in [0.2, 0.25) is 0 Å². The lowest BCUT2D eigenvalue weighted by atomic mass is 9.78. The molecule has 2 atom stereocenters. The van der Waals surface area contributed by atoms with E-state index in [-0.39, 0.29) is 18.0 Å². The van der Waals surface area contributed by atoms with Crippen LogP contribution in [0.1, 0.15) is 49.0 Å². The van der Waals surface area contributed by atoms with Crippen LogP contribution in [0, 0.1) is 0 Å². The largest absolute Gasteiger partial charge is 0.356 e. The predicted molar refractivity (Wildman–Crippen MR) is 133 cm³/mol. The van der Waals surface area contributed by atoms with Gasteiger partial charge in [0.05, 0.1) is 0 Å². The van der Waals surface area contributed by atoms with Crippen LogP contribution in [0.25, 0.3) is 10.9 Å². The molecule has 3 amide bonds. The lowest BCUT2D eigenvalue weighted by Crippen LogP contribution is -2.55. The zero-order valence-electron chi connectivity index (χ0n) is 19.4. The number of urea groups is 1. The van der Waals surface area contributed by atoms with Crippen molar-refractivity contribution < 1.29 is 9.59 Å². The number of aromatic nitrogens is 1. The van der Waals surface area contributed by atoms with E-state index in [1.54, 1.807) is 0 Å². The summed E-state index contributed by atoms with van der Waals surface area (Å²) in [4.78, 5) is 37.3. The van der Waals surface area contributed by atoms with Gasteiger partial charge in [0.25, 0.3) is 5.91 Å². The molecule has 0 saturated carbocycles. The van der Waals surface area contributed by atoms with Gasteiger partial charge in [0.15, 0.2) is 0 Å². The van der Waals surface area contributed by atoms with Gasteiger partial charge in [-0.3, -0.25) is 14.6 Å². The summed E-state index contributed by atoms with van der Waals surface area (Å²) in [7, 11) is 0. The second-order valence-corrected chi connectivity index (χ2v) is 10.2. The molecular formula is C27H29ClN4O2. The van der Waals surface area contributed by atoms with Crippen molar-refractivity contribution in [2.45, 2.75) is 44.2 Å². The smallest absolute Gasteiger partial charge is 0.328 e. The summed E-state index contributed by atoms with van der Waals surface area (Å²) in [6.45, 7) is 5.30. The molecule has 1 N–H and O–H groups in total. The Kier molecular flexibility index (Phi) is 5.19. The number of hydrogen-bond donors (Lipinski definition) is 1. The monoisotopic (exact) mass is 476 g/mol. The molecule has 0 spiro atoms. The van der Waals surface area contributed by atoms with Crippen LogP contribution in [0.4, 0.5) is 4.79 Å². The maximum absolute atomic E-state index is 14.0. The molecule has 7 heteroatoms. The number of carbonyl (C=O) groups is 2. The van der Waals surface area contributed by atoms with E-state index in [1.165, 1.54) is 17.7 Å². The van der Waals surface area contributed by atoms with E-state index in [1.807, 2.05) is 60.4 Å². The fourth-order valence-electron chi connectivity index (χ4n) is 6.20. The number of nitrogens with zero attached hydrogens (tertiary/aromatic N) is 3. The third-order valence-corrected chi connectivity index (χ3v) is 8.22. The van der Waals surface area contributed by atoms with Gasteiger partial charge in [0.1, 0.15) is 11.6 Å². The van der Waals surface area contributed by atoms with E-state index in [9.17, 15) is 9.59 Å². The Morgan fingerprint density at radius 1 is 1.06 bits per heavy atom. The molecule has 0 aliphatic carbocycles. The topological polar surface area (TPSA) is 59.7 Å². The molecular weight excluding hydrogens is 448 g/mol. The van der Waals surface area contributed by atoms with Gasteiger partial charge in [-0.05, 0) is 61.7 Å². The van der Waals surface area contributed by atoms with E-state index in [2.05, 4.69) is 9.88 Å². The number of aromatic amines is 1. The third kappa shape index (κ3) is 3.12. The normalized spacial score (nSPS) is 24.8. The minimum Gasteiger partial charge on any atom is -0.356 e. The Labute approximate surface area is 204 Å². The van der Waals surface area contributed by atoms with E-state index in [0.717, 1.165) is 47.4 Å². The molecule has 6 rings (SSSR count). The lowest BCUT2D eigenvalue weighted by molar-refractivity contribution is -0.134. The molecule has 2 unspecified atom stereocenters. The molecule has 3 aliphatic heterocycles. The van der Waals surface area contributed by atoms with Crippen LogP contribution >= 0.6 is 11.6 Å². The molecule has 6 nitrogen and oxygen atoms in total. The molecule has 2 fully saturated rings. The van der Waals surface area contributed by atoms with Gasteiger partial charge in [0, 0.05) is 41.1 Å². The SMILES string of the molecule is CCC12Cc3c([nH]c4ccc(Cl)cc34)C(c3ccccc3)N1C(=O)N(CCN1CCCC1)C2=O. The van der Waals surface area contributed by atoms with Gasteiger partial charge >= 0.3 is 6.03 Å². The van der Waals surface area contributed by atoms with Crippen LogP contribution in [-0.4, -0.2) is 63.3 Å². The number of carbonyl (C=O) groups excluding carboxylic acids is 2. The van der Waals surface area contributed by atoms with Gasteiger partial charge in [-0.25, -0.2) is 4.79 Å². The van der Waals surface area contributed by atoms with E-state index >= 15 is 0 Å². The zero-order valence-corrected chi connectivity index (χ0v) is 20.1. The Hall–Kier alpha value is -2.83. The number of halogens is 1. The molecule has 2 saturated heterocycles. The third-order valence-electron chi connectivity index (χ3n) is 7.98. The molecule has 176 valence electrons. The van der Waals surface area contributed by atoms with Crippen molar-refractivity contribution in [2.24, 2.45) is 0 Å². The maximum Gasteiger partial charge on any atom is 0.328 e. The molecule has 3 aromatic rings. The van der Waals surface area contributed by atoms with Crippen LogP contribution < -0.4 is 0 Å². The minimum atomic E-state index is -0.896. The van der Waals surface area contributed by atoms with Gasteiger partial charge in [-0.15, -0.1) is 0 Å². The summed E-state index contributed by atoms with van der Waals surface area (Å²) in [6.07, 6.45) is 3.43. The second kappa shape index (κ2) is 8.14. The van der Waals surface area contributed by atoms with E-state index < -0.39 is 5.54 Å². The van der Waals surface area contributed by atoms with Crippen molar-refractivity contribution >= 4 is 34.4 Å². The van der Waals surface area contributed by atoms with Crippen LogP contribution in [-0.2, 0) is 11.2 Å².